The quantitative estimate of drug-likeness (QED) is 0.619. The van der Waals surface area contributed by atoms with Crippen LogP contribution >= 0.6 is 0 Å². The lowest BCUT2D eigenvalue weighted by atomic mass is 10.2. The Bertz CT molecular complexity index is 589. The van der Waals surface area contributed by atoms with Crippen molar-refractivity contribution in [3.8, 4) is 0 Å². The summed E-state index contributed by atoms with van der Waals surface area (Å²) >= 11 is 0. The molecule has 0 radical (unpaired) electrons. The molecule has 0 fully saturated rings. The van der Waals surface area contributed by atoms with Crippen molar-refractivity contribution in [1.29, 1.82) is 0 Å². The van der Waals surface area contributed by atoms with Crippen LogP contribution in [0.5, 0.6) is 0 Å². The molecule has 0 amide bonds. The third-order valence-electron chi connectivity index (χ3n) is 2.19. The van der Waals surface area contributed by atoms with Gasteiger partial charge in [-0.25, -0.2) is 17.2 Å². The Morgan fingerprint density at radius 1 is 1.42 bits per heavy atom. The van der Waals surface area contributed by atoms with E-state index < -0.39 is 45.5 Å². The maximum atomic E-state index is 13.4. The average molecular weight is 294 g/mol. The highest BCUT2D eigenvalue weighted by atomic mass is 32.2. The number of halogens is 2. The Balaban J connectivity index is 2.90. The minimum Gasteiger partial charge on any atom is -0.469 e. The Kier molecular flexibility index (Phi) is 4.65. The van der Waals surface area contributed by atoms with Crippen LogP contribution in [0.4, 0.5) is 20.2 Å². The Morgan fingerprint density at radius 2 is 2.05 bits per heavy atom. The van der Waals surface area contributed by atoms with Crippen molar-refractivity contribution in [3.63, 3.8) is 0 Å². The number of carbonyl (C=O) groups excluding carboxylic acids is 1. The highest BCUT2D eigenvalue weighted by Gasteiger charge is 2.19. The van der Waals surface area contributed by atoms with Crippen molar-refractivity contribution < 1.29 is 26.7 Å². The SMILES string of the molecule is COC(=O)CCS(=O)(=O)Nc1c(N)ccc(F)c1F. The first-order chi connectivity index (χ1) is 8.76. The molecule has 6 nitrogen and oxygen atoms in total. The van der Waals surface area contributed by atoms with E-state index in [2.05, 4.69) is 4.74 Å². The third-order valence-corrected chi connectivity index (χ3v) is 3.44. The summed E-state index contributed by atoms with van der Waals surface area (Å²) in [4.78, 5) is 10.8. The van der Waals surface area contributed by atoms with Gasteiger partial charge in [0.1, 0.15) is 5.69 Å². The fourth-order valence-corrected chi connectivity index (χ4v) is 2.25. The van der Waals surface area contributed by atoms with Gasteiger partial charge in [0, 0.05) is 0 Å². The zero-order valence-electron chi connectivity index (χ0n) is 9.94. The minimum atomic E-state index is -4.04. The predicted molar refractivity (Wildman–Crippen MR) is 64.8 cm³/mol. The molecular weight excluding hydrogens is 282 g/mol. The van der Waals surface area contributed by atoms with Gasteiger partial charge in [0.15, 0.2) is 11.6 Å². The predicted octanol–water partition coefficient (Wildman–Crippen LogP) is 0.852. The van der Waals surface area contributed by atoms with E-state index in [4.69, 9.17) is 5.73 Å². The number of nitrogen functional groups attached to an aromatic ring is 1. The molecule has 1 aromatic carbocycles. The molecule has 0 unspecified atom stereocenters. The van der Waals surface area contributed by atoms with E-state index in [0.717, 1.165) is 19.2 Å². The molecule has 0 bridgehead atoms. The number of rotatable bonds is 5. The fraction of sp³-hybridized carbons (Fsp3) is 0.300. The average Bonchev–Trinajstić information content (AvgIpc) is 2.36. The third kappa shape index (κ3) is 4.05. The number of benzene rings is 1. The molecule has 106 valence electrons. The Hall–Kier alpha value is -1.90. The molecule has 0 spiro atoms. The Morgan fingerprint density at radius 3 is 2.63 bits per heavy atom. The van der Waals surface area contributed by atoms with Gasteiger partial charge in [-0.3, -0.25) is 9.52 Å². The monoisotopic (exact) mass is 294 g/mol. The van der Waals surface area contributed by atoms with Crippen LogP contribution in [0.15, 0.2) is 12.1 Å². The first-order valence-electron chi connectivity index (χ1n) is 5.07. The number of esters is 1. The molecule has 19 heavy (non-hydrogen) atoms. The molecule has 0 aliphatic rings. The van der Waals surface area contributed by atoms with Crippen LogP contribution in [0.1, 0.15) is 6.42 Å². The zero-order valence-corrected chi connectivity index (χ0v) is 10.8. The number of hydrogen-bond donors (Lipinski definition) is 2. The summed E-state index contributed by atoms with van der Waals surface area (Å²) in [6, 6.07) is 1.80. The second-order valence-corrected chi connectivity index (χ2v) is 5.41. The molecule has 0 saturated heterocycles. The van der Waals surface area contributed by atoms with Crippen molar-refractivity contribution >= 4 is 27.4 Å². The molecule has 0 heterocycles. The van der Waals surface area contributed by atoms with Gasteiger partial charge >= 0.3 is 5.97 Å². The van der Waals surface area contributed by atoms with Crippen LogP contribution in [-0.4, -0.2) is 27.2 Å². The molecular formula is C10H12F2N2O4S. The summed E-state index contributed by atoms with van der Waals surface area (Å²) in [7, 11) is -2.94. The topological polar surface area (TPSA) is 98.5 Å². The van der Waals surface area contributed by atoms with Gasteiger partial charge < -0.3 is 10.5 Å². The molecule has 1 rings (SSSR count). The molecule has 0 atom stereocenters. The van der Waals surface area contributed by atoms with E-state index >= 15 is 0 Å². The molecule has 0 aliphatic carbocycles. The van der Waals surface area contributed by atoms with E-state index in [0.29, 0.717) is 0 Å². The van der Waals surface area contributed by atoms with Crippen LogP contribution in [-0.2, 0) is 19.6 Å². The summed E-state index contributed by atoms with van der Waals surface area (Å²) in [5, 5.41) is 0. The number of sulfonamides is 1. The smallest absolute Gasteiger partial charge is 0.306 e. The number of ether oxygens (including phenoxy) is 1. The highest BCUT2D eigenvalue weighted by Crippen LogP contribution is 2.25. The number of carbonyl (C=O) groups is 1. The molecule has 1 aromatic rings. The van der Waals surface area contributed by atoms with Crippen molar-refractivity contribution in [2.45, 2.75) is 6.42 Å². The van der Waals surface area contributed by atoms with E-state index in [1.165, 1.54) is 0 Å². The number of hydrogen-bond acceptors (Lipinski definition) is 5. The zero-order chi connectivity index (χ0) is 14.6. The number of methoxy groups -OCH3 is 1. The van der Waals surface area contributed by atoms with Gasteiger partial charge in [0.25, 0.3) is 0 Å². The normalized spacial score (nSPS) is 11.1. The number of nitrogens with two attached hydrogens (primary N) is 1. The summed E-state index contributed by atoms with van der Waals surface area (Å²) < 4.78 is 55.6. The standard InChI is InChI=1S/C10H12F2N2O4S/c1-18-8(15)4-5-19(16,17)14-10-7(13)3-2-6(11)9(10)12/h2-3,14H,4-5,13H2,1H3. The van der Waals surface area contributed by atoms with Crippen molar-refractivity contribution in [2.24, 2.45) is 0 Å². The van der Waals surface area contributed by atoms with Crippen LogP contribution < -0.4 is 10.5 Å². The van der Waals surface area contributed by atoms with Gasteiger partial charge in [-0.2, -0.15) is 0 Å². The second kappa shape index (κ2) is 5.83. The van der Waals surface area contributed by atoms with E-state index in [1.807, 2.05) is 0 Å². The van der Waals surface area contributed by atoms with Crippen molar-refractivity contribution in [3.05, 3.63) is 23.8 Å². The number of anilines is 2. The minimum absolute atomic E-state index is 0.263. The van der Waals surface area contributed by atoms with Crippen LogP contribution in [0.2, 0.25) is 0 Å². The largest absolute Gasteiger partial charge is 0.469 e. The lowest BCUT2D eigenvalue weighted by molar-refractivity contribution is -0.140. The maximum Gasteiger partial charge on any atom is 0.306 e. The second-order valence-electron chi connectivity index (χ2n) is 3.57. The van der Waals surface area contributed by atoms with Crippen LogP contribution in [0, 0.1) is 11.6 Å². The van der Waals surface area contributed by atoms with Crippen molar-refractivity contribution in [2.75, 3.05) is 23.3 Å². The fourth-order valence-electron chi connectivity index (χ4n) is 1.20. The van der Waals surface area contributed by atoms with Gasteiger partial charge in [-0.15, -0.1) is 0 Å². The van der Waals surface area contributed by atoms with Gasteiger partial charge in [0.05, 0.1) is 25.0 Å². The lowest BCUT2D eigenvalue weighted by Crippen LogP contribution is -2.21. The molecule has 0 saturated carbocycles. The first-order valence-corrected chi connectivity index (χ1v) is 6.73. The first kappa shape index (κ1) is 15.2. The van der Waals surface area contributed by atoms with E-state index in [1.54, 1.807) is 4.72 Å². The van der Waals surface area contributed by atoms with E-state index in [-0.39, 0.29) is 5.69 Å². The van der Waals surface area contributed by atoms with Gasteiger partial charge in [-0.1, -0.05) is 0 Å². The Labute approximate surface area is 108 Å². The molecule has 0 aliphatic heterocycles. The van der Waals surface area contributed by atoms with Crippen molar-refractivity contribution in [1.82, 2.24) is 0 Å². The molecule has 0 aromatic heterocycles. The van der Waals surface area contributed by atoms with Crippen LogP contribution in [0.25, 0.3) is 0 Å². The summed E-state index contributed by atoms with van der Waals surface area (Å²) in [6.45, 7) is 0. The van der Waals surface area contributed by atoms with E-state index in [9.17, 15) is 22.0 Å². The molecule has 9 heteroatoms. The summed E-state index contributed by atoms with van der Waals surface area (Å²) in [5.41, 5.74) is 4.41. The number of nitrogens with one attached hydrogen (secondary N) is 1. The lowest BCUT2D eigenvalue weighted by Gasteiger charge is -2.11. The summed E-state index contributed by atoms with van der Waals surface area (Å²) in [5.74, 6) is -4.01. The van der Waals surface area contributed by atoms with Gasteiger partial charge in [0.2, 0.25) is 10.0 Å². The molecule has 3 N–H and O–H groups in total. The summed E-state index contributed by atoms with van der Waals surface area (Å²) in [6.07, 6.45) is -0.414. The van der Waals surface area contributed by atoms with Crippen LogP contribution in [0.3, 0.4) is 0 Å². The maximum absolute atomic E-state index is 13.4. The van der Waals surface area contributed by atoms with Gasteiger partial charge in [-0.05, 0) is 12.1 Å². The highest BCUT2D eigenvalue weighted by molar-refractivity contribution is 7.92.